The fourth-order valence-electron chi connectivity index (χ4n) is 3.69. The predicted octanol–water partition coefficient (Wildman–Crippen LogP) is 4.54. The molecule has 4 aromatic rings. The fourth-order valence-corrected chi connectivity index (χ4v) is 3.69. The average Bonchev–Trinajstić information content (AvgIpc) is 3.22. The summed E-state index contributed by atoms with van der Waals surface area (Å²) in [4.78, 5) is 12.8. The van der Waals surface area contributed by atoms with Gasteiger partial charge < -0.3 is 14.5 Å². The molecule has 6 heteroatoms. The molecule has 0 saturated carbocycles. The van der Waals surface area contributed by atoms with Crippen LogP contribution in [0.4, 0.5) is 0 Å². The van der Waals surface area contributed by atoms with Gasteiger partial charge in [0.15, 0.2) is 5.76 Å². The molecule has 2 aromatic carbocycles. The molecule has 0 aliphatic rings. The number of carbonyl (C=O) groups is 1. The van der Waals surface area contributed by atoms with E-state index in [-0.39, 0.29) is 5.91 Å². The quantitative estimate of drug-likeness (QED) is 0.513. The highest BCUT2D eigenvalue weighted by atomic mass is 16.5. The number of nitrogens with one attached hydrogen (secondary N) is 1. The average molecular weight is 403 g/mol. The summed E-state index contributed by atoms with van der Waals surface area (Å²) < 4.78 is 13.1. The van der Waals surface area contributed by atoms with E-state index >= 15 is 0 Å². The topological polar surface area (TPSA) is 69.3 Å². The Morgan fingerprint density at radius 3 is 2.63 bits per heavy atom. The zero-order valence-corrected chi connectivity index (χ0v) is 17.7. The van der Waals surface area contributed by atoms with Crippen molar-refractivity contribution in [3.63, 3.8) is 0 Å². The number of hydrogen-bond donors (Lipinski definition) is 1. The molecule has 0 fully saturated rings. The van der Waals surface area contributed by atoms with E-state index in [9.17, 15) is 4.79 Å². The number of furan rings is 1. The van der Waals surface area contributed by atoms with E-state index in [4.69, 9.17) is 9.15 Å². The lowest BCUT2D eigenvalue weighted by Crippen LogP contribution is -2.23. The fraction of sp³-hybridized carbons (Fsp3) is 0.250. The second-order valence-corrected chi connectivity index (χ2v) is 7.39. The third-order valence-corrected chi connectivity index (χ3v) is 5.48. The van der Waals surface area contributed by atoms with Gasteiger partial charge in [-0.3, -0.25) is 9.48 Å². The molecule has 2 aromatic heterocycles. The minimum atomic E-state index is -0.239. The second kappa shape index (κ2) is 8.06. The Balaban J connectivity index is 1.52. The summed E-state index contributed by atoms with van der Waals surface area (Å²) in [5, 5.41) is 8.52. The Kier molecular flexibility index (Phi) is 5.31. The van der Waals surface area contributed by atoms with Gasteiger partial charge in [-0.25, -0.2) is 0 Å². The van der Waals surface area contributed by atoms with Gasteiger partial charge in [-0.2, -0.15) is 5.10 Å². The maximum absolute atomic E-state index is 12.8. The van der Waals surface area contributed by atoms with E-state index in [1.807, 2.05) is 61.9 Å². The number of nitrogens with zero attached hydrogens (tertiary/aromatic N) is 2. The smallest absolute Gasteiger partial charge is 0.287 e. The second-order valence-electron chi connectivity index (χ2n) is 7.39. The highest BCUT2D eigenvalue weighted by Gasteiger charge is 2.19. The van der Waals surface area contributed by atoms with Crippen LogP contribution in [0.3, 0.4) is 0 Å². The maximum atomic E-state index is 12.8. The number of fused-ring (bicyclic) bond motifs is 1. The number of hydrogen-bond acceptors (Lipinski definition) is 4. The van der Waals surface area contributed by atoms with Crippen molar-refractivity contribution < 1.29 is 13.9 Å². The summed E-state index contributed by atoms with van der Waals surface area (Å²) in [6.07, 6.45) is 0. The molecule has 1 amide bonds. The summed E-state index contributed by atoms with van der Waals surface area (Å²) in [5.74, 6) is 0.818. The number of methoxy groups -OCH3 is 1. The number of amides is 1. The van der Waals surface area contributed by atoms with Gasteiger partial charge in [-0.05, 0) is 44.5 Å². The lowest BCUT2D eigenvalue weighted by molar-refractivity contribution is 0.0924. The molecular weight excluding hydrogens is 378 g/mol. The minimum absolute atomic E-state index is 0.239. The van der Waals surface area contributed by atoms with Gasteiger partial charge in [-0.1, -0.05) is 30.3 Å². The Hall–Kier alpha value is -3.54. The van der Waals surface area contributed by atoms with Crippen LogP contribution in [-0.2, 0) is 13.1 Å². The van der Waals surface area contributed by atoms with Crippen molar-refractivity contribution in [2.24, 2.45) is 0 Å². The molecule has 30 heavy (non-hydrogen) atoms. The van der Waals surface area contributed by atoms with Crippen LogP contribution in [0, 0.1) is 20.8 Å². The molecule has 6 nitrogen and oxygen atoms in total. The van der Waals surface area contributed by atoms with Crippen molar-refractivity contribution in [1.82, 2.24) is 15.1 Å². The van der Waals surface area contributed by atoms with E-state index in [2.05, 4.69) is 22.5 Å². The monoisotopic (exact) mass is 403 g/mol. The summed E-state index contributed by atoms with van der Waals surface area (Å²) in [6.45, 7) is 6.98. The number of rotatable bonds is 6. The number of carbonyl (C=O) groups excluding carboxylic acids is 1. The van der Waals surface area contributed by atoms with Crippen LogP contribution < -0.4 is 10.1 Å². The minimum Gasteiger partial charge on any atom is -0.497 e. The van der Waals surface area contributed by atoms with Gasteiger partial charge in [0.25, 0.3) is 5.91 Å². The molecule has 1 N–H and O–H groups in total. The zero-order chi connectivity index (χ0) is 21.3. The van der Waals surface area contributed by atoms with Crippen LogP contribution in [0.5, 0.6) is 5.75 Å². The van der Waals surface area contributed by atoms with Crippen LogP contribution in [0.15, 0.2) is 52.9 Å². The molecule has 0 aliphatic heterocycles. The summed E-state index contributed by atoms with van der Waals surface area (Å²) in [5.41, 5.74) is 5.63. The first-order chi connectivity index (χ1) is 14.5. The Morgan fingerprint density at radius 1 is 1.13 bits per heavy atom. The number of ether oxygens (including phenoxy) is 1. The SMILES string of the molecule is COc1ccc2oc(C(=O)NCc3c(C)nn(Cc4ccccc4)c3C)c(C)c2c1. The van der Waals surface area contributed by atoms with Crippen LogP contribution in [0.25, 0.3) is 11.0 Å². The van der Waals surface area contributed by atoms with E-state index < -0.39 is 0 Å². The highest BCUT2D eigenvalue weighted by Crippen LogP contribution is 2.28. The molecule has 0 aliphatic carbocycles. The summed E-state index contributed by atoms with van der Waals surface area (Å²) >= 11 is 0. The Morgan fingerprint density at radius 2 is 1.90 bits per heavy atom. The zero-order valence-electron chi connectivity index (χ0n) is 17.7. The van der Waals surface area contributed by atoms with Gasteiger partial charge in [0.1, 0.15) is 11.3 Å². The molecule has 4 rings (SSSR count). The largest absolute Gasteiger partial charge is 0.497 e. The molecule has 0 radical (unpaired) electrons. The van der Waals surface area contributed by atoms with E-state index in [1.165, 1.54) is 5.56 Å². The molecule has 154 valence electrons. The van der Waals surface area contributed by atoms with Gasteiger partial charge in [0.2, 0.25) is 0 Å². The van der Waals surface area contributed by atoms with E-state index in [1.54, 1.807) is 7.11 Å². The lowest BCUT2D eigenvalue weighted by Gasteiger charge is -2.07. The first-order valence-corrected chi connectivity index (χ1v) is 9.90. The predicted molar refractivity (Wildman–Crippen MR) is 116 cm³/mol. The Bertz CT molecular complexity index is 1210. The van der Waals surface area contributed by atoms with Crippen LogP contribution in [0.2, 0.25) is 0 Å². The Labute approximate surface area is 175 Å². The standard InChI is InChI=1S/C24H25N3O3/c1-15-20-12-19(29-4)10-11-22(20)30-23(15)24(28)25-13-21-16(2)26-27(17(21)3)14-18-8-6-5-7-9-18/h5-12H,13-14H2,1-4H3,(H,25,28). The third kappa shape index (κ3) is 3.68. The molecule has 0 unspecified atom stereocenters. The molecule has 0 atom stereocenters. The van der Waals surface area contributed by atoms with E-state index in [0.29, 0.717) is 24.4 Å². The molecule has 2 heterocycles. The van der Waals surface area contributed by atoms with Gasteiger partial charge in [0.05, 0.1) is 19.3 Å². The number of aromatic nitrogens is 2. The van der Waals surface area contributed by atoms with Gasteiger partial charge >= 0.3 is 0 Å². The van der Waals surface area contributed by atoms with Gasteiger partial charge in [-0.15, -0.1) is 0 Å². The van der Waals surface area contributed by atoms with Gasteiger partial charge in [0, 0.05) is 28.8 Å². The molecule has 0 saturated heterocycles. The first kappa shape index (κ1) is 19.8. The highest BCUT2D eigenvalue weighted by molar-refractivity contribution is 5.99. The van der Waals surface area contributed by atoms with Crippen molar-refractivity contribution in [2.45, 2.75) is 33.9 Å². The normalized spacial score (nSPS) is 11.1. The molecular formula is C24H25N3O3. The van der Waals surface area contributed by atoms with Crippen molar-refractivity contribution in [3.8, 4) is 5.75 Å². The first-order valence-electron chi connectivity index (χ1n) is 9.90. The van der Waals surface area contributed by atoms with Crippen LogP contribution >= 0.6 is 0 Å². The molecule has 0 bridgehead atoms. The lowest BCUT2D eigenvalue weighted by atomic mass is 10.1. The number of benzene rings is 2. The van der Waals surface area contributed by atoms with E-state index in [0.717, 1.165) is 33.7 Å². The van der Waals surface area contributed by atoms with Crippen LogP contribution in [0.1, 0.15) is 38.6 Å². The molecule has 0 spiro atoms. The summed E-state index contributed by atoms with van der Waals surface area (Å²) in [6, 6.07) is 15.7. The maximum Gasteiger partial charge on any atom is 0.287 e. The van der Waals surface area contributed by atoms with Crippen LogP contribution in [-0.4, -0.2) is 22.8 Å². The van der Waals surface area contributed by atoms with Crippen molar-refractivity contribution in [3.05, 3.63) is 82.4 Å². The van der Waals surface area contributed by atoms with Crippen molar-refractivity contribution >= 4 is 16.9 Å². The van der Waals surface area contributed by atoms with Crippen molar-refractivity contribution in [2.75, 3.05) is 7.11 Å². The summed E-state index contributed by atoms with van der Waals surface area (Å²) in [7, 11) is 1.62. The third-order valence-electron chi connectivity index (χ3n) is 5.48. The van der Waals surface area contributed by atoms with Crippen molar-refractivity contribution in [1.29, 1.82) is 0 Å². The number of aryl methyl sites for hydroxylation is 2.